The summed E-state index contributed by atoms with van der Waals surface area (Å²) in [7, 11) is 3.69. The quantitative estimate of drug-likeness (QED) is 0.929. The van der Waals surface area contributed by atoms with Gasteiger partial charge >= 0.3 is 0 Å². The van der Waals surface area contributed by atoms with Gasteiger partial charge in [-0.3, -0.25) is 0 Å². The number of rotatable bonds is 4. The molecule has 3 atom stereocenters. The minimum absolute atomic E-state index is 0.106. The number of methoxy groups -OCH3 is 1. The van der Waals surface area contributed by atoms with Gasteiger partial charge in [-0.05, 0) is 39.8 Å². The Hall–Kier alpha value is -1.10. The van der Waals surface area contributed by atoms with Gasteiger partial charge in [0.1, 0.15) is 18.0 Å². The van der Waals surface area contributed by atoms with Crippen LogP contribution in [-0.2, 0) is 4.74 Å². The highest BCUT2D eigenvalue weighted by molar-refractivity contribution is 9.10. The van der Waals surface area contributed by atoms with Crippen molar-refractivity contribution in [1.82, 2.24) is 5.32 Å². The summed E-state index contributed by atoms with van der Waals surface area (Å²) in [6, 6.07) is 12.8. The zero-order chi connectivity index (χ0) is 14.1. The van der Waals surface area contributed by atoms with E-state index >= 15 is 0 Å². The van der Waals surface area contributed by atoms with Gasteiger partial charge in [0.05, 0.1) is 4.47 Å². The SMILES string of the molecule is CNC1CC(Oc2ccc3ccccc3c2Br)C1OC. The minimum atomic E-state index is 0.106. The Kier molecular flexibility index (Phi) is 3.96. The normalized spacial score (nSPS) is 25.4. The van der Waals surface area contributed by atoms with Gasteiger partial charge in [0.25, 0.3) is 0 Å². The predicted molar refractivity (Wildman–Crippen MR) is 84.3 cm³/mol. The number of nitrogens with one attached hydrogen (secondary N) is 1. The zero-order valence-electron chi connectivity index (χ0n) is 11.6. The van der Waals surface area contributed by atoms with Crippen LogP contribution in [0.1, 0.15) is 6.42 Å². The molecular weight excluding hydrogens is 318 g/mol. The van der Waals surface area contributed by atoms with E-state index in [-0.39, 0.29) is 12.2 Å². The summed E-state index contributed by atoms with van der Waals surface area (Å²) in [6.07, 6.45) is 1.18. The van der Waals surface area contributed by atoms with Crippen LogP contribution >= 0.6 is 15.9 Å². The van der Waals surface area contributed by atoms with Gasteiger partial charge in [-0.1, -0.05) is 30.3 Å². The van der Waals surface area contributed by atoms with Gasteiger partial charge in [0.2, 0.25) is 0 Å². The summed E-state index contributed by atoms with van der Waals surface area (Å²) in [4.78, 5) is 0. The van der Waals surface area contributed by atoms with Crippen molar-refractivity contribution in [3.8, 4) is 5.75 Å². The molecule has 3 unspecified atom stereocenters. The van der Waals surface area contributed by atoms with Crippen molar-refractivity contribution >= 4 is 26.7 Å². The van der Waals surface area contributed by atoms with Crippen molar-refractivity contribution in [2.24, 2.45) is 0 Å². The van der Waals surface area contributed by atoms with Crippen LogP contribution in [0.4, 0.5) is 0 Å². The van der Waals surface area contributed by atoms with E-state index in [2.05, 4.69) is 39.4 Å². The van der Waals surface area contributed by atoms with Gasteiger partial charge in [0, 0.05) is 19.6 Å². The first-order chi connectivity index (χ1) is 9.74. The fourth-order valence-electron chi connectivity index (χ4n) is 2.76. The molecule has 106 valence electrons. The molecule has 0 aromatic heterocycles. The molecule has 0 radical (unpaired) electrons. The van der Waals surface area contributed by atoms with Crippen LogP contribution in [0.15, 0.2) is 40.9 Å². The largest absolute Gasteiger partial charge is 0.486 e. The van der Waals surface area contributed by atoms with Crippen molar-refractivity contribution < 1.29 is 9.47 Å². The number of halogens is 1. The van der Waals surface area contributed by atoms with E-state index in [0.717, 1.165) is 16.6 Å². The van der Waals surface area contributed by atoms with Crippen LogP contribution in [0, 0.1) is 0 Å². The molecule has 4 heteroatoms. The van der Waals surface area contributed by atoms with Crippen LogP contribution in [-0.4, -0.2) is 32.4 Å². The van der Waals surface area contributed by atoms with Crippen LogP contribution < -0.4 is 10.1 Å². The topological polar surface area (TPSA) is 30.5 Å². The molecule has 1 aliphatic rings. The van der Waals surface area contributed by atoms with Crippen molar-refractivity contribution in [2.45, 2.75) is 24.7 Å². The maximum absolute atomic E-state index is 6.11. The Morgan fingerprint density at radius 1 is 1.20 bits per heavy atom. The molecule has 3 nitrogen and oxygen atoms in total. The smallest absolute Gasteiger partial charge is 0.134 e. The summed E-state index contributed by atoms with van der Waals surface area (Å²) in [5.74, 6) is 0.880. The first-order valence-electron chi connectivity index (χ1n) is 6.78. The molecule has 1 fully saturated rings. The fraction of sp³-hybridized carbons (Fsp3) is 0.375. The van der Waals surface area contributed by atoms with Crippen LogP contribution in [0.3, 0.4) is 0 Å². The predicted octanol–water partition coefficient (Wildman–Crippen LogP) is 3.36. The standard InChI is InChI=1S/C16H18BrNO2/c1-18-12-9-14(16(12)19-2)20-13-8-7-10-5-3-4-6-11(10)15(13)17/h3-8,12,14,16,18H,9H2,1-2H3. The molecule has 1 saturated carbocycles. The lowest BCUT2D eigenvalue weighted by Crippen LogP contribution is -2.60. The molecule has 1 aliphatic carbocycles. The zero-order valence-corrected chi connectivity index (χ0v) is 13.2. The van der Waals surface area contributed by atoms with E-state index < -0.39 is 0 Å². The van der Waals surface area contributed by atoms with Crippen LogP contribution in [0.2, 0.25) is 0 Å². The Labute approximate surface area is 127 Å². The number of benzene rings is 2. The van der Waals surface area contributed by atoms with Gasteiger partial charge in [0.15, 0.2) is 0 Å². The lowest BCUT2D eigenvalue weighted by molar-refractivity contribution is -0.0871. The van der Waals surface area contributed by atoms with Crippen molar-refractivity contribution in [3.63, 3.8) is 0 Å². The Bertz CT molecular complexity index is 616. The number of ether oxygens (including phenoxy) is 2. The third-order valence-electron chi connectivity index (χ3n) is 4.00. The molecule has 0 bridgehead atoms. The second-order valence-electron chi connectivity index (χ2n) is 5.09. The third-order valence-corrected chi connectivity index (χ3v) is 4.82. The maximum Gasteiger partial charge on any atom is 0.134 e. The molecule has 2 aromatic carbocycles. The fourth-order valence-corrected chi connectivity index (χ4v) is 3.35. The van der Waals surface area contributed by atoms with Gasteiger partial charge in [-0.2, -0.15) is 0 Å². The summed E-state index contributed by atoms with van der Waals surface area (Å²) in [5.41, 5.74) is 0. The third kappa shape index (κ3) is 2.32. The van der Waals surface area contributed by atoms with E-state index in [0.29, 0.717) is 6.04 Å². The lowest BCUT2D eigenvalue weighted by Gasteiger charge is -2.43. The Morgan fingerprint density at radius 2 is 2.00 bits per heavy atom. The van der Waals surface area contributed by atoms with Crippen molar-refractivity contribution in [3.05, 3.63) is 40.9 Å². The van der Waals surface area contributed by atoms with Crippen LogP contribution in [0.25, 0.3) is 10.8 Å². The first kappa shape index (κ1) is 13.9. The van der Waals surface area contributed by atoms with Gasteiger partial charge in [-0.25, -0.2) is 0 Å². The Morgan fingerprint density at radius 3 is 2.75 bits per heavy atom. The number of hydrogen-bond acceptors (Lipinski definition) is 3. The second-order valence-corrected chi connectivity index (χ2v) is 5.88. The van der Waals surface area contributed by atoms with E-state index in [9.17, 15) is 0 Å². The average Bonchev–Trinajstić information content (AvgIpc) is 2.46. The molecule has 0 saturated heterocycles. The summed E-state index contributed by atoms with van der Waals surface area (Å²) < 4.78 is 12.6. The van der Waals surface area contributed by atoms with Gasteiger partial charge in [-0.15, -0.1) is 0 Å². The highest BCUT2D eigenvalue weighted by Crippen LogP contribution is 2.36. The number of likely N-dealkylation sites (N-methyl/N-ethyl adjacent to an activating group) is 1. The van der Waals surface area contributed by atoms with Crippen molar-refractivity contribution in [2.75, 3.05) is 14.2 Å². The van der Waals surface area contributed by atoms with Gasteiger partial charge < -0.3 is 14.8 Å². The van der Waals surface area contributed by atoms with E-state index in [1.54, 1.807) is 7.11 Å². The molecule has 0 heterocycles. The highest BCUT2D eigenvalue weighted by Gasteiger charge is 2.42. The van der Waals surface area contributed by atoms with E-state index in [1.807, 2.05) is 25.2 Å². The van der Waals surface area contributed by atoms with Crippen molar-refractivity contribution in [1.29, 1.82) is 0 Å². The maximum atomic E-state index is 6.11. The minimum Gasteiger partial charge on any atom is -0.486 e. The summed E-state index contributed by atoms with van der Waals surface area (Å²) in [5, 5.41) is 5.62. The first-order valence-corrected chi connectivity index (χ1v) is 7.58. The van der Waals surface area contributed by atoms with E-state index in [4.69, 9.17) is 9.47 Å². The average molecular weight is 336 g/mol. The van der Waals surface area contributed by atoms with E-state index in [1.165, 1.54) is 10.8 Å². The molecule has 0 amide bonds. The molecular formula is C16H18BrNO2. The lowest BCUT2D eigenvalue weighted by atomic mass is 9.85. The Balaban J connectivity index is 1.83. The number of hydrogen-bond donors (Lipinski definition) is 1. The molecule has 1 N–H and O–H groups in total. The molecule has 0 aliphatic heterocycles. The molecule has 2 aromatic rings. The summed E-state index contributed by atoms with van der Waals surface area (Å²) >= 11 is 3.66. The molecule has 0 spiro atoms. The number of fused-ring (bicyclic) bond motifs is 1. The molecule has 20 heavy (non-hydrogen) atoms. The second kappa shape index (κ2) is 5.72. The summed E-state index contributed by atoms with van der Waals surface area (Å²) in [6.45, 7) is 0. The highest BCUT2D eigenvalue weighted by atomic mass is 79.9. The monoisotopic (exact) mass is 335 g/mol. The van der Waals surface area contributed by atoms with Crippen LogP contribution in [0.5, 0.6) is 5.75 Å². The molecule has 3 rings (SSSR count).